The number of nitrogens with zero attached hydrogens (tertiary/aromatic N) is 2. The van der Waals surface area contributed by atoms with Crippen molar-refractivity contribution in [3.63, 3.8) is 0 Å². The molecule has 2 saturated heterocycles. The van der Waals surface area contributed by atoms with E-state index >= 15 is 0 Å². The molecule has 2 heterocycles. The number of amides is 4. The quantitative estimate of drug-likeness (QED) is 0.223. The van der Waals surface area contributed by atoms with Crippen LogP contribution in [-0.4, -0.2) is 50.6 Å². The largest absolute Gasteiger partial charge is 0.318 e. The third-order valence-electron chi connectivity index (χ3n) is 9.29. The first-order chi connectivity index (χ1) is 22.0. The Balaban J connectivity index is 1.06. The maximum atomic E-state index is 13.6. The summed E-state index contributed by atoms with van der Waals surface area (Å²) in [5.41, 5.74) is 0. The molecule has 4 aromatic rings. The van der Waals surface area contributed by atoms with Crippen LogP contribution in [0.1, 0.15) is 0 Å². The van der Waals surface area contributed by atoms with E-state index in [1.807, 2.05) is 0 Å². The van der Waals surface area contributed by atoms with E-state index in [2.05, 4.69) is 0 Å². The van der Waals surface area contributed by atoms with Gasteiger partial charge in [0.25, 0.3) is 23.6 Å². The highest BCUT2D eigenvalue weighted by molar-refractivity contribution is 7.87. The van der Waals surface area contributed by atoms with Crippen molar-refractivity contribution in [1.29, 1.82) is 0 Å². The standard InChI is InChI=1S/C32H22N2O10S2/c35-29-25-23-13-14-24(26(25)30(36)33(29)43-45(39,40)21-11-9-17-5-1-3-7-19(17)15-21)28-27(23)31(37)34(32(28)38)44-46(41,42)22-12-10-18-6-2-4-8-20(18)16-22/h1-16,23-28H. The van der Waals surface area contributed by atoms with E-state index in [9.17, 15) is 36.0 Å². The minimum atomic E-state index is -4.63. The van der Waals surface area contributed by atoms with Crippen LogP contribution >= 0.6 is 0 Å². The maximum absolute atomic E-state index is 13.6. The highest BCUT2D eigenvalue weighted by atomic mass is 32.2. The molecule has 4 unspecified atom stereocenters. The summed E-state index contributed by atoms with van der Waals surface area (Å²) >= 11 is 0. The van der Waals surface area contributed by atoms with E-state index in [0.29, 0.717) is 10.8 Å². The summed E-state index contributed by atoms with van der Waals surface area (Å²) in [6.07, 6.45) is 3.07. The number of imide groups is 2. The number of rotatable bonds is 6. The third kappa shape index (κ3) is 4.10. The van der Waals surface area contributed by atoms with Gasteiger partial charge in [-0.25, -0.2) is 0 Å². The Bertz CT molecular complexity index is 2100. The van der Waals surface area contributed by atoms with Gasteiger partial charge in [-0.3, -0.25) is 19.2 Å². The van der Waals surface area contributed by atoms with Gasteiger partial charge < -0.3 is 0 Å². The van der Waals surface area contributed by atoms with Gasteiger partial charge in [0.05, 0.1) is 33.5 Å². The molecular weight excluding hydrogens is 636 g/mol. The molecule has 46 heavy (non-hydrogen) atoms. The molecule has 1 saturated carbocycles. The van der Waals surface area contributed by atoms with E-state index in [4.69, 9.17) is 8.57 Å². The minimum absolute atomic E-state index is 0.210. The number of hydrogen-bond acceptors (Lipinski definition) is 10. The molecule has 14 heteroatoms. The summed E-state index contributed by atoms with van der Waals surface area (Å²) in [4.78, 5) is 53.8. The van der Waals surface area contributed by atoms with Gasteiger partial charge in [0.1, 0.15) is 0 Å². The van der Waals surface area contributed by atoms with Crippen LogP contribution in [0.3, 0.4) is 0 Å². The lowest BCUT2D eigenvalue weighted by molar-refractivity contribution is -0.166. The van der Waals surface area contributed by atoms with Crippen molar-refractivity contribution in [2.45, 2.75) is 9.79 Å². The second-order valence-corrected chi connectivity index (χ2v) is 14.7. The Labute approximate surface area is 261 Å². The topological polar surface area (TPSA) is 161 Å². The monoisotopic (exact) mass is 658 g/mol. The van der Waals surface area contributed by atoms with Crippen LogP contribution in [0.25, 0.3) is 21.5 Å². The van der Waals surface area contributed by atoms with Crippen LogP contribution in [0.2, 0.25) is 0 Å². The second-order valence-electron chi connectivity index (χ2n) is 11.7. The molecule has 3 fully saturated rings. The normalized spacial score (nSPS) is 27.2. The van der Waals surface area contributed by atoms with Gasteiger partial charge >= 0.3 is 20.2 Å². The first kappa shape index (κ1) is 28.7. The molecule has 9 rings (SSSR count). The third-order valence-corrected chi connectivity index (χ3v) is 11.6. The van der Waals surface area contributed by atoms with Gasteiger partial charge in [-0.1, -0.05) is 72.8 Å². The van der Waals surface area contributed by atoms with Crippen molar-refractivity contribution < 1.29 is 44.6 Å². The Hall–Kier alpha value is -4.76. The van der Waals surface area contributed by atoms with Crippen LogP contribution in [0.4, 0.5) is 0 Å². The van der Waals surface area contributed by atoms with E-state index in [1.165, 1.54) is 36.4 Å². The molecule has 12 nitrogen and oxygen atoms in total. The van der Waals surface area contributed by atoms with Crippen molar-refractivity contribution in [3.05, 3.63) is 97.1 Å². The Morgan fingerprint density at radius 3 is 1.13 bits per heavy atom. The number of hydroxylamine groups is 4. The van der Waals surface area contributed by atoms with Crippen LogP contribution in [0, 0.1) is 35.5 Å². The summed E-state index contributed by atoms with van der Waals surface area (Å²) in [5, 5.41) is 3.16. The van der Waals surface area contributed by atoms with Gasteiger partial charge in [0.15, 0.2) is 0 Å². The van der Waals surface area contributed by atoms with Crippen molar-refractivity contribution in [2.24, 2.45) is 35.5 Å². The molecule has 4 atom stereocenters. The van der Waals surface area contributed by atoms with Crippen molar-refractivity contribution in [1.82, 2.24) is 10.1 Å². The molecule has 0 N–H and O–H groups in total. The van der Waals surface area contributed by atoms with Crippen molar-refractivity contribution in [2.75, 3.05) is 0 Å². The van der Waals surface area contributed by atoms with E-state index in [0.717, 1.165) is 10.8 Å². The fourth-order valence-corrected chi connectivity index (χ4v) is 9.12. The first-order valence-corrected chi connectivity index (χ1v) is 17.1. The highest BCUT2D eigenvalue weighted by Crippen LogP contribution is 2.58. The van der Waals surface area contributed by atoms with Gasteiger partial charge in [-0.2, -0.15) is 16.8 Å². The van der Waals surface area contributed by atoms with E-state index < -0.39 is 79.4 Å². The summed E-state index contributed by atoms with van der Waals surface area (Å²) < 4.78 is 63.0. The predicted molar refractivity (Wildman–Crippen MR) is 158 cm³/mol. The molecule has 3 aliphatic carbocycles. The highest BCUT2D eigenvalue weighted by Gasteiger charge is 2.70. The number of carbonyl (C=O) groups excluding carboxylic acids is 4. The number of carbonyl (C=O) groups is 4. The molecule has 0 aromatic heterocycles. The van der Waals surface area contributed by atoms with Crippen molar-refractivity contribution in [3.8, 4) is 0 Å². The Morgan fingerprint density at radius 2 is 0.783 bits per heavy atom. The predicted octanol–water partition coefficient (Wildman–Crippen LogP) is 2.95. The van der Waals surface area contributed by atoms with Gasteiger partial charge in [-0.05, 0) is 45.8 Å². The SMILES string of the molecule is O=C1C2C3C=CC(C2C(=O)N1OS(=O)(=O)c1ccc2ccccc2c1)C1C(=O)N(OS(=O)(=O)c2ccc4ccccc4c2)C(=O)C31. The van der Waals surface area contributed by atoms with Gasteiger partial charge in [0.2, 0.25) is 0 Å². The summed E-state index contributed by atoms with van der Waals surface area (Å²) in [6.45, 7) is 0. The summed E-state index contributed by atoms with van der Waals surface area (Å²) in [7, 11) is -9.27. The van der Waals surface area contributed by atoms with Crippen LogP contribution in [-0.2, 0) is 48.0 Å². The smallest absolute Gasteiger partial charge is 0.272 e. The molecule has 0 spiro atoms. The average molecular weight is 659 g/mol. The van der Waals surface area contributed by atoms with Gasteiger partial charge in [0, 0.05) is 11.8 Å². The molecule has 5 aliphatic rings. The molecule has 4 aromatic carbocycles. The van der Waals surface area contributed by atoms with E-state index in [-0.39, 0.29) is 19.9 Å². The molecular formula is C32H22N2O10S2. The van der Waals surface area contributed by atoms with E-state index in [1.54, 1.807) is 60.7 Å². The van der Waals surface area contributed by atoms with Crippen LogP contribution in [0.15, 0.2) is 107 Å². The number of fused-ring (bicyclic) bond motifs is 2. The molecule has 232 valence electrons. The molecule has 2 bridgehead atoms. The van der Waals surface area contributed by atoms with Gasteiger partial charge in [-0.15, -0.1) is 18.7 Å². The minimum Gasteiger partial charge on any atom is -0.272 e. The second kappa shape index (κ2) is 9.87. The molecule has 0 radical (unpaired) electrons. The fraction of sp³-hybridized carbons (Fsp3) is 0.188. The first-order valence-electron chi connectivity index (χ1n) is 14.3. The Morgan fingerprint density at radius 1 is 0.457 bits per heavy atom. The Kier molecular flexibility index (Phi) is 6.16. The zero-order chi connectivity index (χ0) is 32.1. The summed E-state index contributed by atoms with van der Waals surface area (Å²) in [6, 6.07) is 22.4. The fourth-order valence-electron chi connectivity index (χ4n) is 7.25. The van der Waals surface area contributed by atoms with Crippen LogP contribution < -0.4 is 0 Å². The average Bonchev–Trinajstić information content (AvgIpc) is 3.46. The molecule has 2 aliphatic heterocycles. The molecule has 4 amide bonds. The zero-order valence-corrected chi connectivity index (χ0v) is 25.1. The number of allylic oxidation sites excluding steroid dienone is 2. The maximum Gasteiger partial charge on any atom is 0.318 e. The lowest BCUT2D eigenvalue weighted by Gasteiger charge is -2.44. The van der Waals surface area contributed by atoms with Crippen LogP contribution in [0.5, 0.6) is 0 Å². The number of benzene rings is 4. The summed E-state index contributed by atoms with van der Waals surface area (Å²) in [5.74, 6) is -10.7. The number of hydrogen-bond donors (Lipinski definition) is 0. The zero-order valence-electron chi connectivity index (χ0n) is 23.5. The lowest BCUT2D eigenvalue weighted by atomic mass is 9.54. The lowest BCUT2D eigenvalue weighted by Crippen LogP contribution is -2.50. The van der Waals surface area contributed by atoms with Crippen molar-refractivity contribution >= 4 is 65.4 Å².